The van der Waals surface area contributed by atoms with Gasteiger partial charge in [-0.15, -0.1) is 0 Å². The summed E-state index contributed by atoms with van der Waals surface area (Å²) in [6, 6.07) is 5.16. The van der Waals surface area contributed by atoms with Gasteiger partial charge in [-0.2, -0.15) is 0 Å². The molecule has 0 aliphatic carbocycles. The molecule has 70 valence electrons. The van der Waals surface area contributed by atoms with Gasteiger partial charge in [0, 0.05) is 5.56 Å². The third-order valence-electron chi connectivity index (χ3n) is 1.99. The van der Waals surface area contributed by atoms with Gasteiger partial charge in [0.25, 0.3) is 5.56 Å². The Morgan fingerprint density at radius 1 is 1.43 bits per heavy atom. The standard InChI is InChI=1S/C10H8N2O2/c1-6(13)7-3-2-4-8-10(7)12-9(14)5-11-8/h2-5H,1H3,(H,12,14). The van der Waals surface area contributed by atoms with E-state index in [2.05, 4.69) is 9.97 Å². The molecule has 4 nitrogen and oxygen atoms in total. The summed E-state index contributed by atoms with van der Waals surface area (Å²) >= 11 is 0. The van der Waals surface area contributed by atoms with E-state index >= 15 is 0 Å². The number of para-hydroxylation sites is 1. The zero-order valence-corrected chi connectivity index (χ0v) is 7.57. The molecule has 0 atom stereocenters. The lowest BCUT2D eigenvalue weighted by molar-refractivity contribution is 0.101. The van der Waals surface area contributed by atoms with Crippen molar-refractivity contribution in [2.75, 3.05) is 0 Å². The van der Waals surface area contributed by atoms with Crippen LogP contribution >= 0.6 is 0 Å². The molecule has 1 aromatic carbocycles. The van der Waals surface area contributed by atoms with Gasteiger partial charge in [0.2, 0.25) is 0 Å². The van der Waals surface area contributed by atoms with Gasteiger partial charge in [0.05, 0.1) is 17.2 Å². The Kier molecular flexibility index (Phi) is 1.89. The number of Topliss-reactive ketones (excluding diaryl/α,β-unsaturated/α-hetero) is 1. The Hall–Kier alpha value is -1.97. The third-order valence-corrected chi connectivity index (χ3v) is 1.99. The lowest BCUT2D eigenvalue weighted by Crippen LogP contribution is -2.07. The van der Waals surface area contributed by atoms with Crippen molar-refractivity contribution in [2.45, 2.75) is 6.92 Å². The number of fused-ring (bicyclic) bond motifs is 1. The quantitative estimate of drug-likeness (QED) is 0.682. The van der Waals surface area contributed by atoms with Crippen LogP contribution in [0.1, 0.15) is 17.3 Å². The molecule has 0 spiro atoms. The molecule has 0 radical (unpaired) electrons. The molecule has 1 heterocycles. The number of H-pyrrole nitrogens is 1. The number of nitrogens with one attached hydrogen (secondary N) is 1. The van der Waals surface area contributed by atoms with Crippen molar-refractivity contribution in [1.82, 2.24) is 9.97 Å². The van der Waals surface area contributed by atoms with Gasteiger partial charge in [0.1, 0.15) is 0 Å². The van der Waals surface area contributed by atoms with Gasteiger partial charge < -0.3 is 4.98 Å². The highest BCUT2D eigenvalue weighted by Gasteiger charge is 2.05. The van der Waals surface area contributed by atoms with Gasteiger partial charge in [-0.3, -0.25) is 9.59 Å². The van der Waals surface area contributed by atoms with E-state index in [1.807, 2.05) is 0 Å². The molecular weight excluding hydrogens is 180 g/mol. The average molecular weight is 188 g/mol. The number of carbonyl (C=O) groups is 1. The maximum Gasteiger partial charge on any atom is 0.266 e. The molecule has 1 N–H and O–H groups in total. The number of aromatic nitrogens is 2. The Bertz CT molecular complexity index is 557. The number of carbonyl (C=O) groups excluding carboxylic acids is 1. The second-order valence-electron chi connectivity index (χ2n) is 3.00. The molecule has 0 saturated heterocycles. The van der Waals surface area contributed by atoms with Crippen molar-refractivity contribution in [3.63, 3.8) is 0 Å². The Labute approximate surface area is 79.6 Å². The molecule has 0 saturated carbocycles. The van der Waals surface area contributed by atoms with Crippen molar-refractivity contribution in [2.24, 2.45) is 0 Å². The summed E-state index contributed by atoms with van der Waals surface area (Å²) < 4.78 is 0. The number of hydrogen-bond donors (Lipinski definition) is 1. The summed E-state index contributed by atoms with van der Waals surface area (Å²) in [6.45, 7) is 1.46. The van der Waals surface area contributed by atoms with Gasteiger partial charge in [0.15, 0.2) is 5.78 Å². The highest BCUT2D eigenvalue weighted by Crippen LogP contribution is 2.12. The molecule has 0 amide bonds. The summed E-state index contributed by atoms with van der Waals surface area (Å²) in [5.41, 5.74) is 1.32. The van der Waals surface area contributed by atoms with Crippen LogP contribution in [0.4, 0.5) is 0 Å². The van der Waals surface area contributed by atoms with E-state index < -0.39 is 0 Å². The van der Waals surface area contributed by atoms with Crippen LogP contribution in [0.3, 0.4) is 0 Å². The minimum absolute atomic E-state index is 0.0840. The van der Waals surface area contributed by atoms with E-state index in [4.69, 9.17) is 0 Å². The molecule has 0 bridgehead atoms. The summed E-state index contributed by atoms with van der Waals surface area (Å²) in [5, 5.41) is 0. The number of benzene rings is 1. The fraction of sp³-hybridized carbons (Fsp3) is 0.100. The lowest BCUT2D eigenvalue weighted by atomic mass is 10.1. The molecule has 0 aliphatic heterocycles. The van der Waals surface area contributed by atoms with Gasteiger partial charge in [-0.25, -0.2) is 4.98 Å². The monoisotopic (exact) mass is 188 g/mol. The predicted molar refractivity (Wildman–Crippen MR) is 52.4 cm³/mol. The van der Waals surface area contributed by atoms with Gasteiger partial charge in [-0.1, -0.05) is 6.07 Å². The zero-order valence-electron chi connectivity index (χ0n) is 7.57. The zero-order chi connectivity index (χ0) is 10.1. The highest BCUT2D eigenvalue weighted by atomic mass is 16.1. The molecule has 2 aromatic rings. The van der Waals surface area contributed by atoms with Crippen molar-refractivity contribution in [1.29, 1.82) is 0 Å². The van der Waals surface area contributed by atoms with Crippen LogP contribution in [0.5, 0.6) is 0 Å². The minimum Gasteiger partial charge on any atom is -0.319 e. The molecule has 0 unspecified atom stereocenters. The first kappa shape index (κ1) is 8.62. The fourth-order valence-electron chi connectivity index (χ4n) is 1.36. The lowest BCUT2D eigenvalue weighted by Gasteiger charge is -2.00. The van der Waals surface area contributed by atoms with Gasteiger partial charge >= 0.3 is 0 Å². The van der Waals surface area contributed by atoms with Crippen molar-refractivity contribution < 1.29 is 4.79 Å². The minimum atomic E-state index is -0.300. The topological polar surface area (TPSA) is 62.8 Å². The van der Waals surface area contributed by atoms with E-state index in [0.29, 0.717) is 16.6 Å². The third kappa shape index (κ3) is 1.31. The Morgan fingerprint density at radius 2 is 2.21 bits per heavy atom. The molecule has 14 heavy (non-hydrogen) atoms. The van der Waals surface area contributed by atoms with Crippen LogP contribution in [0.25, 0.3) is 11.0 Å². The van der Waals surface area contributed by atoms with Crippen LogP contribution in [0, 0.1) is 0 Å². The predicted octanol–water partition coefficient (Wildman–Crippen LogP) is 1.13. The SMILES string of the molecule is CC(=O)c1cccc2ncc(=O)[nH]c12. The first-order chi connectivity index (χ1) is 6.68. The number of ketones is 1. The van der Waals surface area contributed by atoms with Crippen molar-refractivity contribution in [3.8, 4) is 0 Å². The number of rotatable bonds is 1. The Morgan fingerprint density at radius 3 is 2.93 bits per heavy atom. The molecule has 4 heteroatoms. The second kappa shape index (κ2) is 3.06. The number of aromatic amines is 1. The smallest absolute Gasteiger partial charge is 0.266 e. The second-order valence-corrected chi connectivity index (χ2v) is 3.00. The van der Waals surface area contributed by atoms with Crippen LogP contribution in [-0.4, -0.2) is 15.8 Å². The largest absolute Gasteiger partial charge is 0.319 e. The van der Waals surface area contributed by atoms with Crippen LogP contribution < -0.4 is 5.56 Å². The molecular formula is C10H8N2O2. The van der Waals surface area contributed by atoms with Crippen LogP contribution in [0.2, 0.25) is 0 Å². The fourth-order valence-corrected chi connectivity index (χ4v) is 1.36. The van der Waals surface area contributed by atoms with E-state index in [-0.39, 0.29) is 11.3 Å². The maximum absolute atomic E-state index is 11.2. The summed E-state index contributed by atoms with van der Waals surface area (Å²) in [6.07, 6.45) is 1.20. The van der Waals surface area contributed by atoms with Crippen LogP contribution in [-0.2, 0) is 0 Å². The molecule has 0 fully saturated rings. The van der Waals surface area contributed by atoms with E-state index in [1.54, 1.807) is 18.2 Å². The summed E-state index contributed by atoms with van der Waals surface area (Å²) in [4.78, 5) is 28.8. The van der Waals surface area contributed by atoms with Crippen LogP contribution in [0.15, 0.2) is 29.2 Å². The Balaban J connectivity index is 2.91. The molecule has 2 rings (SSSR count). The summed E-state index contributed by atoms with van der Waals surface area (Å²) in [7, 11) is 0. The average Bonchev–Trinajstić information content (AvgIpc) is 2.16. The first-order valence-electron chi connectivity index (χ1n) is 4.17. The molecule has 0 aliphatic rings. The summed E-state index contributed by atoms with van der Waals surface area (Å²) in [5.74, 6) is -0.0840. The number of nitrogens with zero attached hydrogens (tertiary/aromatic N) is 1. The number of hydrogen-bond acceptors (Lipinski definition) is 3. The van der Waals surface area contributed by atoms with Crippen molar-refractivity contribution >= 4 is 16.8 Å². The van der Waals surface area contributed by atoms with E-state index in [0.717, 1.165) is 0 Å². The normalized spacial score (nSPS) is 10.4. The van der Waals surface area contributed by atoms with E-state index in [9.17, 15) is 9.59 Å². The van der Waals surface area contributed by atoms with Crippen molar-refractivity contribution in [3.05, 3.63) is 40.3 Å². The highest BCUT2D eigenvalue weighted by molar-refractivity contribution is 6.04. The molecule has 1 aromatic heterocycles. The van der Waals surface area contributed by atoms with E-state index in [1.165, 1.54) is 13.1 Å². The van der Waals surface area contributed by atoms with Gasteiger partial charge in [-0.05, 0) is 19.1 Å². The first-order valence-corrected chi connectivity index (χ1v) is 4.17. The maximum atomic E-state index is 11.2.